The largest absolute Gasteiger partial charge is 0.481 e. The molecule has 0 spiro atoms. The normalized spacial score (nSPS) is 18.4. The van der Waals surface area contributed by atoms with Gasteiger partial charge >= 0.3 is 12.1 Å². The maximum atomic E-state index is 12.4. The monoisotopic (exact) mass is 460 g/mol. The highest BCUT2D eigenvalue weighted by molar-refractivity contribution is 5.94. The highest BCUT2D eigenvalue weighted by atomic mass is 16.5. The van der Waals surface area contributed by atoms with Crippen molar-refractivity contribution in [2.45, 2.75) is 31.2 Å². The first-order valence-electron chi connectivity index (χ1n) is 11.2. The average molecular weight is 460 g/mol. The van der Waals surface area contributed by atoms with E-state index in [2.05, 4.69) is 33.0 Å². The van der Waals surface area contributed by atoms with Gasteiger partial charge in [-0.05, 0) is 41.0 Å². The van der Waals surface area contributed by atoms with E-state index in [1.54, 1.807) is 0 Å². The molecule has 3 aromatic rings. The summed E-state index contributed by atoms with van der Waals surface area (Å²) in [7, 11) is 0. The third-order valence-corrected chi connectivity index (χ3v) is 6.43. The molecular weight excluding hydrogens is 436 g/mol. The molecule has 0 bridgehead atoms. The summed E-state index contributed by atoms with van der Waals surface area (Å²) in [6.07, 6.45) is 0.731. The molecule has 1 heterocycles. The zero-order valence-electron chi connectivity index (χ0n) is 18.3. The Balaban J connectivity index is 1.14. The Morgan fingerprint density at radius 3 is 2.32 bits per heavy atom. The number of amides is 2. The van der Waals surface area contributed by atoms with Crippen LogP contribution in [0.5, 0.6) is 0 Å². The molecule has 4 N–H and O–H groups in total. The van der Waals surface area contributed by atoms with Crippen LogP contribution >= 0.6 is 0 Å². The van der Waals surface area contributed by atoms with Gasteiger partial charge in [0.05, 0.1) is 0 Å². The number of hydrogen-bond acceptors (Lipinski definition) is 5. The van der Waals surface area contributed by atoms with E-state index in [1.165, 1.54) is 6.07 Å². The van der Waals surface area contributed by atoms with Crippen molar-refractivity contribution >= 4 is 23.8 Å². The van der Waals surface area contributed by atoms with Gasteiger partial charge in [0.15, 0.2) is 5.82 Å². The number of aliphatic carboxylic acids is 1. The number of aromatic amines is 1. The quantitative estimate of drug-likeness (QED) is 0.424. The van der Waals surface area contributed by atoms with Crippen molar-refractivity contribution in [3.63, 3.8) is 0 Å². The second kappa shape index (κ2) is 9.01. The molecule has 1 aromatic heterocycles. The summed E-state index contributed by atoms with van der Waals surface area (Å²) in [4.78, 5) is 35.5. The minimum Gasteiger partial charge on any atom is -0.481 e. The molecule has 9 heteroatoms. The van der Waals surface area contributed by atoms with E-state index in [4.69, 9.17) is 9.84 Å². The number of benzene rings is 2. The van der Waals surface area contributed by atoms with Crippen molar-refractivity contribution in [2.24, 2.45) is 5.92 Å². The fourth-order valence-electron chi connectivity index (χ4n) is 4.77. The zero-order chi connectivity index (χ0) is 23.7. The highest BCUT2D eigenvalue weighted by Crippen LogP contribution is 2.44. The molecule has 0 atom stereocenters. The Labute approximate surface area is 195 Å². The molecule has 2 amide bonds. The first-order valence-corrected chi connectivity index (χ1v) is 11.2. The van der Waals surface area contributed by atoms with Crippen LogP contribution < -0.4 is 10.6 Å². The molecule has 0 unspecified atom stereocenters. The number of carbonyl (C=O) groups excluding carboxylic acids is 2. The summed E-state index contributed by atoms with van der Waals surface area (Å²) in [5.74, 6) is -0.958. The number of H-pyrrole nitrogens is 1. The minimum absolute atomic E-state index is 0.0499. The Kier molecular flexibility index (Phi) is 5.75. The van der Waals surface area contributed by atoms with Gasteiger partial charge in [0.2, 0.25) is 0 Å². The lowest BCUT2D eigenvalue weighted by Gasteiger charge is -2.34. The molecule has 5 rings (SSSR count). The standard InChI is InChI=1S/C25H24N4O5/c30-23(31)11-14-9-15(10-14)26-24(32)21-12-22(29-28-21)27-25(33)34-13-20-18-7-3-1-5-16(18)17-6-2-4-8-19(17)20/h1-8,12,14-15,20H,9-11,13H2,(H,26,32)(H,30,31)(H2,27,28,29,33). The predicted octanol–water partition coefficient (Wildman–Crippen LogP) is 3.75. The van der Waals surface area contributed by atoms with E-state index in [9.17, 15) is 14.4 Å². The van der Waals surface area contributed by atoms with E-state index in [0.717, 1.165) is 22.3 Å². The number of carboxylic acid groups (broad SMARTS) is 1. The van der Waals surface area contributed by atoms with Crippen LogP contribution in [0.4, 0.5) is 10.6 Å². The summed E-state index contributed by atoms with van der Waals surface area (Å²) in [6.45, 7) is 0.177. The lowest BCUT2D eigenvalue weighted by atomic mass is 9.78. The van der Waals surface area contributed by atoms with Gasteiger partial charge in [-0.1, -0.05) is 48.5 Å². The van der Waals surface area contributed by atoms with Crippen molar-refractivity contribution < 1.29 is 24.2 Å². The Bertz CT molecular complexity index is 1200. The summed E-state index contributed by atoms with van der Waals surface area (Å²) < 4.78 is 5.50. The van der Waals surface area contributed by atoms with Gasteiger partial charge in [0.25, 0.3) is 5.91 Å². The summed E-state index contributed by atoms with van der Waals surface area (Å²) in [5.41, 5.74) is 4.75. The van der Waals surface area contributed by atoms with Gasteiger partial charge in [-0.15, -0.1) is 0 Å². The van der Waals surface area contributed by atoms with Gasteiger partial charge in [0.1, 0.15) is 12.3 Å². The number of carboxylic acids is 1. The fourth-order valence-corrected chi connectivity index (χ4v) is 4.77. The number of hydrogen-bond donors (Lipinski definition) is 4. The molecule has 174 valence electrons. The number of nitrogens with one attached hydrogen (secondary N) is 3. The van der Waals surface area contributed by atoms with Crippen molar-refractivity contribution in [3.8, 4) is 11.1 Å². The number of carbonyl (C=O) groups is 3. The number of anilines is 1. The molecule has 2 aliphatic carbocycles. The van der Waals surface area contributed by atoms with Gasteiger partial charge in [-0.3, -0.25) is 20.0 Å². The molecule has 34 heavy (non-hydrogen) atoms. The van der Waals surface area contributed by atoms with Crippen molar-refractivity contribution in [3.05, 3.63) is 71.4 Å². The molecule has 1 saturated carbocycles. The van der Waals surface area contributed by atoms with Crippen LogP contribution in [0.3, 0.4) is 0 Å². The maximum Gasteiger partial charge on any atom is 0.412 e. The lowest BCUT2D eigenvalue weighted by molar-refractivity contribution is -0.138. The summed E-state index contributed by atoms with van der Waals surface area (Å²) in [6, 6.07) is 17.6. The van der Waals surface area contributed by atoms with Crippen LogP contribution in [0.1, 0.15) is 46.8 Å². The van der Waals surface area contributed by atoms with Crippen molar-refractivity contribution in [1.82, 2.24) is 15.5 Å². The van der Waals surface area contributed by atoms with Crippen LogP contribution in [-0.4, -0.2) is 45.9 Å². The van der Waals surface area contributed by atoms with Crippen LogP contribution in [-0.2, 0) is 9.53 Å². The first kappa shape index (κ1) is 21.7. The van der Waals surface area contributed by atoms with Gasteiger partial charge in [-0.25, -0.2) is 4.79 Å². The smallest absolute Gasteiger partial charge is 0.412 e. The molecule has 1 fully saturated rings. The molecule has 0 aliphatic heterocycles. The minimum atomic E-state index is -0.827. The van der Waals surface area contributed by atoms with E-state index in [0.29, 0.717) is 12.8 Å². The Morgan fingerprint density at radius 1 is 1.03 bits per heavy atom. The van der Waals surface area contributed by atoms with E-state index < -0.39 is 12.1 Å². The van der Waals surface area contributed by atoms with E-state index >= 15 is 0 Å². The molecule has 2 aliphatic rings. The number of nitrogens with zero attached hydrogens (tertiary/aromatic N) is 1. The molecular formula is C25H24N4O5. The van der Waals surface area contributed by atoms with E-state index in [1.807, 2.05) is 36.4 Å². The third-order valence-electron chi connectivity index (χ3n) is 6.43. The Morgan fingerprint density at radius 2 is 1.68 bits per heavy atom. The van der Waals surface area contributed by atoms with Crippen LogP contribution in [0.15, 0.2) is 54.6 Å². The summed E-state index contributed by atoms with van der Waals surface area (Å²) in [5, 5.41) is 20.8. The Hall–Kier alpha value is -4.14. The van der Waals surface area contributed by atoms with Crippen molar-refractivity contribution in [1.29, 1.82) is 0 Å². The van der Waals surface area contributed by atoms with Gasteiger partial charge < -0.3 is 15.2 Å². The predicted molar refractivity (Wildman–Crippen MR) is 124 cm³/mol. The number of fused-ring (bicyclic) bond motifs is 3. The molecule has 2 aromatic carbocycles. The fraction of sp³-hybridized carbons (Fsp3) is 0.280. The number of rotatable bonds is 7. The average Bonchev–Trinajstić information content (AvgIpc) is 3.39. The SMILES string of the molecule is O=C(O)CC1CC(NC(=O)c2cc(NC(=O)OCC3c4ccccc4-c4ccccc43)n[nH]2)C1. The van der Waals surface area contributed by atoms with E-state index in [-0.39, 0.29) is 48.3 Å². The first-order chi connectivity index (χ1) is 16.5. The second-order valence-electron chi connectivity index (χ2n) is 8.72. The van der Waals surface area contributed by atoms with Crippen LogP contribution in [0.25, 0.3) is 11.1 Å². The highest BCUT2D eigenvalue weighted by Gasteiger charge is 2.32. The van der Waals surface area contributed by atoms with Gasteiger partial charge in [0, 0.05) is 24.4 Å². The van der Waals surface area contributed by atoms with Crippen molar-refractivity contribution in [2.75, 3.05) is 11.9 Å². The maximum absolute atomic E-state index is 12.4. The van der Waals surface area contributed by atoms with Crippen LogP contribution in [0.2, 0.25) is 0 Å². The third kappa shape index (κ3) is 4.36. The van der Waals surface area contributed by atoms with Gasteiger partial charge in [-0.2, -0.15) is 5.10 Å². The number of ether oxygens (including phenoxy) is 1. The second-order valence-corrected chi connectivity index (χ2v) is 8.72. The number of aromatic nitrogens is 2. The molecule has 9 nitrogen and oxygen atoms in total. The lowest BCUT2D eigenvalue weighted by Crippen LogP contribution is -2.44. The summed E-state index contributed by atoms with van der Waals surface area (Å²) >= 11 is 0. The molecule has 0 saturated heterocycles. The zero-order valence-corrected chi connectivity index (χ0v) is 18.3. The topological polar surface area (TPSA) is 133 Å². The van der Waals surface area contributed by atoms with Crippen LogP contribution in [0, 0.1) is 5.92 Å². The molecule has 0 radical (unpaired) electrons.